The third-order valence-electron chi connectivity index (χ3n) is 6.17. The van der Waals surface area contributed by atoms with Crippen LogP contribution in [-0.2, 0) is 10.8 Å². The van der Waals surface area contributed by atoms with E-state index in [1.807, 2.05) is 0 Å². The SMILES string of the molecule is Cc1ccc(C(C)(C)C)cc1C.Cc1ccc(C(C)(C)C)cc1C.Cc1ccccc1C. The fourth-order valence-corrected chi connectivity index (χ4v) is 3.08. The topological polar surface area (TPSA) is 0 Å². The van der Waals surface area contributed by atoms with E-state index in [2.05, 4.69) is 144 Å². The Kier molecular flexibility index (Phi) is 9.96. The summed E-state index contributed by atoms with van der Waals surface area (Å²) in [7, 11) is 0. The maximum Gasteiger partial charge on any atom is -0.0132 e. The number of hydrogen-bond donors (Lipinski definition) is 0. The third-order valence-corrected chi connectivity index (χ3v) is 6.17. The molecule has 0 saturated heterocycles. The predicted molar refractivity (Wildman–Crippen MR) is 145 cm³/mol. The molecule has 3 aromatic rings. The largest absolute Gasteiger partial charge is 0.0620 e. The van der Waals surface area contributed by atoms with Crippen LogP contribution in [0.3, 0.4) is 0 Å². The molecule has 0 amide bonds. The molecular formula is C32H46. The molecule has 3 aromatic carbocycles. The van der Waals surface area contributed by atoms with Crippen molar-refractivity contribution in [1.29, 1.82) is 0 Å². The monoisotopic (exact) mass is 430 g/mol. The van der Waals surface area contributed by atoms with Gasteiger partial charge >= 0.3 is 0 Å². The van der Waals surface area contributed by atoms with Crippen molar-refractivity contribution in [1.82, 2.24) is 0 Å². The van der Waals surface area contributed by atoms with E-state index in [-0.39, 0.29) is 10.8 Å². The molecule has 0 bridgehead atoms. The van der Waals surface area contributed by atoms with E-state index < -0.39 is 0 Å². The molecule has 0 aliphatic rings. The van der Waals surface area contributed by atoms with Crippen molar-refractivity contribution in [2.24, 2.45) is 0 Å². The third kappa shape index (κ3) is 9.03. The van der Waals surface area contributed by atoms with E-state index >= 15 is 0 Å². The average Bonchev–Trinajstić information content (AvgIpc) is 2.68. The Morgan fingerprint density at radius 3 is 0.875 bits per heavy atom. The molecule has 0 nitrogen and oxygen atoms in total. The number of rotatable bonds is 0. The van der Waals surface area contributed by atoms with E-state index in [1.54, 1.807) is 0 Å². The maximum absolute atomic E-state index is 2.29. The van der Waals surface area contributed by atoms with Gasteiger partial charge in [0, 0.05) is 0 Å². The van der Waals surface area contributed by atoms with Crippen molar-refractivity contribution in [3.63, 3.8) is 0 Å². The van der Waals surface area contributed by atoms with Crippen LogP contribution in [0.15, 0.2) is 60.7 Å². The molecule has 3 rings (SSSR count). The summed E-state index contributed by atoms with van der Waals surface area (Å²) >= 11 is 0. The van der Waals surface area contributed by atoms with Crippen molar-refractivity contribution in [2.45, 2.75) is 93.9 Å². The highest BCUT2D eigenvalue weighted by Gasteiger charge is 2.14. The van der Waals surface area contributed by atoms with E-state index in [4.69, 9.17) is 0 Å². The van der Waals surface area contributed by atoms with E-state index in [1.165, 1.54) is 44.5 Å². The zero-order chi connectivity index (χ0) is 24.7. The summed E-state index contributed by atoms with van der Waals surface area (Å²) in [4.78, 5) is 0. The van der Waals surface area contributed by atoms with E-state index in [0.29, 0.717) is 0 Å². The Balaban J connectivity index is 0.000000245. The molecule has 0 aliphatic carbocycles. The van der Waals surface area contributed by atoms with Crippen molar-refractivity contribution in [3.8, 4) is 0 Å². The van der Waals surface area contributed by atoms with Gasteiger partial charge in [-0.3, -0.25) is 0 Å². The van der Waals surface area contributed by atoms with Gasteiger partial charge in [0.2, 0.25) is 0 Å². The number of benzene rings is 3. The van der Waals surface area contributed by atoms with Crippen LogP contribution in [0.2, 0.25) is 0 Å². The van der Waals surface area contributed by atoms with Gasteiger partial charge in [-0.2, -0.15) is 0 Å². The first-order valence-corrected chi connectivity index (χ1v) is 11.8. The van der Waals surface area contributed by atoms with Gasteiger partial charge < -0.3 is 0 Å². The minimum absolute atomic E-state index is 0.276. The minimum atomic E-state index is 0.276. The number of hydrogen-bond acceptors (Lipinski definition) is 0. The molecular weight excluding hydrogens is 384 g/mol. The molecule has 0 N–H and O–H groups in total. The molecule has 0 heterocycles. The maximum atomic E-state index is 2.29. The van der Waals surface area contributed by atoms with Crippen LogP contribution in [0.5, 0.6) is 0 Å². The van der Waals surface area contributed by atoms with Crippen LogP contribution in [0, 0.1) is 41.5 Å². The van der Waals surface area contributed by atoms with Crippen LogP contribution in [0.25, 0.3) is 0 Å². The van der Waals surface area contributed by atoms with E-state index in [9.17, 15) is 0 Å². The Labute approximate surface area is 199 Å². The van der Waals surface area contributed by atoms with Gasteiger partial charge in [0.15, 0.2) is 0 Å². The van der Waals surface area contributed by atoms with Gasteiger partial charge in [-0.05, 0) is 96.9 Å². The summed E-state index contributed by atoms with van der Waals surface area (Å²) in [6.07, 6.45) is 0. The molecule has 174 valence electrons. The summed E-state index contributed by atoms with van der Waals surface area (Å²) in [5.41, 5.74) is 11.7. The zero-order valence-corrected chi connectivity index (χ0v) is 22.8. The Bertz CT molecular complexity index is 909. The van der Waals surface area contributed by atoms with Crippen LogP contribution < -0.4 is 0 Å². The molecule has 0 aromatic heterocycles. The summed E-state index contributed by atoms with van der Waals surface area (Å²) in [6, 6.07) is 21.8. The predicted octanol–water partition coefficient (Wildman–Crippen LogP) is 9.51. The highest BCUT2D eigenvalue weighted by atomic mass is 14.2. The van der Waals surface area contributed by atoms with Crippen molar-refractivity contribution < 1.29 is 0 Å². The van der Waals surface area contributed by atoms with Gasteiger partial charge in [0.05, 0.1) is 0 Å². The van der Waals surface area contributed by atoms with Crippen LogP contribution in [0.1, 0.15) is 86.1 Å². The summed E-state index contributed by atoms with van der Waals surface area (Å²) in [6.45, 7) is 26.4. The summed E-state index contributed by atoms with van der Waals surface area (Å²) in [5.74, 6) is 0. The molecule has 0 unspecified atom stereocenters. The van der Waals surface area contributed by atoms with Gasteiger partial charge in [0.25, 0.3) is 0 Å². The fraction of sp³-hybridized carbons (Fsp3) is 0.438. The lowest BCUT2D eigenvalue weighted by Crippen LogP contribution is -2.11. The zero-order valence-electron chi connectivity index (χ0n) is 22.8. The second-order valence-corrected chi connectivity index (χ2v) is 11.2. The summed E-state index contributed by atoms with van der Waals surface area (Å²) in [5, 5.41) is 0. The highest BCUT2D eigenvalue weighted by Crippen LogP contribution is 2.24. The second-order valence-electron chi connectivity index (χ2n) is 11.2. The quantitative estimate of drug-likeness (QED) is 0.333. The Hall–Kier alpha value is -2.34. The van der Waals surface area contributed by atoms with E-state index in [0.717, 1.165) is 0 Å². The van der Waals surface area contributed by atoms with Crippen LogP contribution in [-0.4, -0.2) is 0 Å². The molecule has 0 atom stereocenters. The molecule has 0 radical (unpaired) electrons. The van der Waals surface area contributed by atoms with Crippen molar-refractivity contribution in [2.75, 3.05) is 0 Å². The molecule has 0 spiro atoms. The van der Waals surface area contributed by atoms with Crippen LogP contribution >= 0.6 is 0 Å². The lowest BCUT2D eigenvalue weighted by Gasteiger charge is -2.19. The lowest BCUT2D eigenvalue weighted by molar-refractivity contribution is 0.589. The van der Waals surface area contributed by atoms with Crippen molar-refractivity contribution >= 4 is 0 Å². The molecule has 32 heavy (non-hydrogen) atoms. The molecule has 0 heteroatoms. The second kappa shape index (κ2) is 11.5. The first kappa shape index (κ1) is 27.7. The van der Waals surface area contributed by atoms with Gasteiger partial charge in [-0.25, -0.2) is 0 Å². The van der Waals surface area contributed by atoms with Gasteiger partial charge in [0.1, 0.15) is 0 Å². The Morgan fingerprint density at radius 1 is 0.375 bits per heavy atom. The highest BCUT2D eigenvalue weighted by molar-refractivity contribution is 5.34. The average molecular weight is 431 g/mol. The smallest absolute Gasteiger partial charge is 0.0132 e. The van der Waals surface area contributed by atoms with Gasteiger partial charge in [-0.1, -0.05) is 102 Å². The first-order valence-electron chi connectivity index (χ1n) is 11.8. The van der Waals surface area contributed by atoms with Crippen LogP contribution in [0.4, 0.5) is 0 Å². The minimum Gasteiger partial charge on any atom is -0.0620 e. The molecule has 0 fully saturated rings. The van der Waals surface area contributed by atoms with Crippen molar-refractivity contribution in [3.05, 3.63) is 105 Å². The summed E-state index contributed by atoms with van der Waals surface area (Å²) < 4.78 is 0. The lowest BCUT2D eigenvalue weighted by atomic mass is 9.85. The Morgan fingerprint density at radius 2 is 0.656 bits per heavy atom. The standard InChI is InChI=1S/2C12H18.C8H10/c2*1-9-6-7-11(8-10(9)2)12(3,4)5;1-7-5-3-4-6-8(7)2/h2*6-8H,1-5H3;3-6H,1-2H3. The fourth-order valence-electron chi connectivity index (χ4n) is 3.08. The molecule has 0 saturated carbocycles. The first-order chi connectivity index (χ1) is 14.6. The molecule has 0 aliphatic heterocycles. The normalized spacial score (nSPS) is 11.1. The van der Waals surface area contributed by atoms with Gasteiger partial charge in [-0.15, -0.1) is 0 Å². The number of aryl methyl sites for hydroxylation is 6.